The molecule has 1 atom stereocenters. The Morgan fingerprint density at radius 3 is 3.00 bits per heavy atom. The monoisotopic (exact) mass is 322 g/mol. The van der Waals surface area contributed by atoms with Gasteiger partial charge in [-0.1, -0.05) is 18.6 Å². The number of benzene rings is 1. The number of hydrogen-bond acceptors (Lipinski definition) is 2. The number of fused-ring (bicyclic) bond motifs is 1. The minimum absolute atomic E-state index is 0.673. The summed E-state index contributed by atoms with van der Waals surface area (Å²) >= 11 is 0. The Morgan fingerprint density at radius 2 is 2.12 bits per heavy atom. The summed E-state index contributed by atoms with van der Waals surface area (Å²) in [7, 11) is 2.12. The number of nitrogens with zero attached hydrogens (tertiary/aromatic N) is 4. The number of aryl methyl sites for hydroxylation is 2. The highest BCUT2D eigenvalue weighted by Crippen LogP contribution is 2.24. The fourth-order valence-corrected chi connectivity index (χ4v) is 3.95. The molecule has 3 aromatic rings. The Morgan fingerprint density at radius 1 is 1.17 bits per heavy atom. The van der Waals surface area contributed by atoms with Crippen LogP contribution in [0.1, 0.15) is 31.2 Å². The van der Waals surface area contributed by atoms with Gasteiger partial charge in [-0.05, 0) is 55.0 Å². The predicted molar refractivity (Wildman–Crippen MR) is 97.8 cm³/mol. The first kappa shape index (κ1) is 15.5. The van der Waals surface area contributed by atoms with Gasteiger partial charge < -0.3 is 4.57 Å². The lowest BCUT2D eigenvalue weighted by atomic mass is 9.98. The topological polar surface area (TPSA) is 26.0 Å². The van der Waals surface area contributed by atoms with E-state index in [1.807, 2.05) is 12.3 Å². The average Bonchev–Trinajstić information content (AvgIpc) is 3.25. The average molecular weight is 322 g/mol. The molecule has 1 aromatic carbocycles. The van der Waals surface area contributed by atoms with Crippen molar-refractivity contribution in [3.63, 3.8) is 0 Å². The van der Waals surface area contributed by atoms with Gasteiger partial charge in [-0.15, -0.1) is 0 Å². The van der Waals surface area contributed by atoms with Crippen molar-refractivity contribution < 1.29 is 0 Å². The zero-order valence-corrected chi connectivity index (χ0v) is 14.4. The van der Waals surface area contributed by atoms with E-state index in [9.17, 15) is 0 Å². The summed E-state index contributed by atoms with van der Waals surface area (Å²) in [6.45, 7) is 3.30. The fourth-order valence-electron chi connectivity index (χ4n) is 3.95. The van der Waals surface area contributed by atoms with Crippen LogP contribution in [0.5, 0.6) is 0 Å². The maximum Gasteiger partial charge on any atom is 0.0489 e. The van der Waals surface area contributed by atoms with Crippen molar-refractivity contribution in [3.05, 3.63) is 54.5 Å². The zero-order valence-electron chi connectivity index (χ0n) is 14.4. The van der Waals surface area contributed by atoms with Crippen LogP contribution in [-0.2, 0) is 20.1 Å². The maximum absolute atomic E-state index is 4.34. The highest BCUT2D eigenvalue weighted by Gasteiger charge is 2.22. The molecular formula is C20H26N4. The lowest BCUT2D eigenvalue weighted by Crippen LogP contribution is -2.39. The van der Waals surface area contributed by atoms with Crippen molar-refractivity contribution >= 4 is 10.9 Å². The van der Waals surface area contributed by atoms with E-state index in [4.69, 9.17) is 0 Å². The summed E-state index contributed by atoms with van der Waals surface area (Å²) in [5.41, 5.74) is 2.76. The number of aromatic nitrogens is 3. The van der Waals surface area contributed by atoms with Crippen molar-refractivity contribution in [1.82, 2.24) is 19.2 Å². The van der Waals surface area contributed by atoms with Crippen LogP contribution in [0.4, 0.5) is 0 Å². The third-order valence-electron chi connectivity index (χ3n) is 5.34. The van der Waals surface area contributed by atoms with Gasteiger partial charge in [0.25, 0.3) is 0 Å². The molecule has 0 amide bonds. The lowest BCUT2D eigenvalue weighted by Gasteiger charge is -2.36. The maximum atomic E-state index is 4.34. The molecule has 1 aliphatic rings. The van der Waals surface area contributed by atoms with E-state index in [0.29, 0.717) is 6.04 Å². The van der Waals surface area contributed by atoms with Gasteiger partial charge in [0.2, 0.25) is 0 Å². The minimum Gasteiger partial charge on any atom is -0.351 e. The Hall–Kier alpha value is -2.07. The van der Waals surface area contributed by atoms with E-state index < -0.39 is 0 Å². The second-order valence-electron chi connectivity index (χ2n) is 7.00. The molecule has 1 aliphatic heterocycles. The zero-order chi connectivity index (χ0) is 16.4. The van der Waals surface area contributed by atoms with Gasteiger partial charge in [0.15, 0.2) is 0 Å². The van der Waals surface area contributed by atoms with Crippen LogP contribution in [-0.4, -0.2) is 31.8 Å². The van der Waals surface area contributed by atoms with Crippen molar-refractivity contribution in [2.75, 3.05) is 6.54 Å². The fraction of sp³-hybridized carbons (Fsp3) is 0.450. The molecule has 2 aromatic heterocycles. The smallest absolute Gasteiger partial charge is 0.0489 e. The second-order valence-corrected chi connectivity index (χ2v) is 7.00. The molecule has 4 nitrogen and oxygen atoms in total. The van der Waals surface area contributed by atoms with Crippen molar-refractivity contribution in [2.24, 2.45) is 7.05 Å². The molecule has 0 spiro atoms. The summed E-state index contributed by atoms with van der Waals surface area (Å²) in [5.74, 6) is 0. The molecule has 24 heavy (non-hydrogen) atoms. The van der Waals surface area contributed by atoms with Crippen LogP contribution in [0.15, 0.2) is 48.9 Å². The SMILES string of the molecule is Cn1ccc2ccc(CN3CCCC[C@H]3CCn3cccn3)cc21. The van der Waals surface area contributed by atoms with Crippen LogP contribution >= 0.6 is 0 Å². The number of hydrogen-bond donors (Lipinski definition) is 0. The molecule has 126 valence electrons. The predicted octanol–water partition coefficient (Wildman–Crippen LogP) is 3.82. The Labute approximate surface area is 143 Å². The van der Waals surface area contributed by atoms with Gasteiger partial charge in [-0.3, -0.25) is 9.58 Å². The Balaban J connectivity index is 1.46. The number of piperidine rings is 1. The van der Waals surface area contributed by atoms with Gasteiger partial charge in [-0.25, -0.2) is 0 Å². The second kappa shape index (κ2) is 6.81. The van der Waals surface area contributed by atoms with E-state index in [-0.39, 0.29) is 0 Å². The molecule has 1 saturated heterocycles. The van der Waals surface area contributed by atoms with Crippen LogP contribution in [0.25, 0.3) is 10.9 Å². The summed E-state index contributed by atoms with van der Waals surface area (Å²) in [5, 5.41) is 5.67. The molecule has 4 heteroatoms. The molecule has 3 heterocycles. The van der Waals surface area contributed by atoms with E-state index in [0.717, 1.165) is 13.1 Å². The molecule has 0 N–H and O–H groups in total. The third-order valence-corrected chi connectivity index (χ3v) is 5.34. The Bertz CT molecular complexity index is 787. The first-order valence-corrected chi connectivity index (χ1v) is 9.05. The van der Waals surface area contributed by atoms with Crippen molar-refractivity contribution in [3.8, 4) is 0 Å². The van der Waals surface area contributed by atoms with Crippen LogP contribution in [0.2, 0.25) is 0 Å². The summed E-state index contributed by atoms with van der Waals surface area (Å²) in [6, 6.07) is 11.8. The van der Waals surface area contributed by atoms with Crippen LogP contribution < -0.4 is 0 Å². The first-order chi connectivity index (χ1) is 11.8. The van der Waals surface area contributed by atoms with Gasteiger partial charge in [0.1, 0.15) is 0 Å². The summed E-state index contributed by atoms with van der Waals surface area (Å²) in [6.07, 6.45) is 11.3. The van der Waals surface area contributed by atoms with E-state index in [1.54, 1.807) is 0 Å². The highest BCUT2D eigenvalue weighted by atomic mass is 15.3. The highest BCUT2D eigenvalue weighted by molar-refractivity contribution is 5.80. The number of likely N-dealkylation sites (tertiary alicyclic amines) is 1. The van der Waals surface area contributed by atoms with E-state index >= 15 is 0 Å². The lowest BCUT2D eigenvalue weighted by molar-refractivity contribution is 0.127. The summed E-state index contributed by atoms with van der Waals surface area (Å²) in [4.78, 5) is 2.68. The molecule has 4 rings (SSSR count). The molecule has 0 saturated carbocycles. The normalized spacial score (nSPS) is 19.1. The molecule has 0 unspecified atom stereocenters. The summed E-state index contributed by atoms with van der Waals surface area (Å²) < 4.78 is 4.27. The quantitative estimate of drug-likeness (QED) is 0.714. The van der Waals surface area contributed by atoms with E-state index in [1.165, 1.54) is 48.7 Å². The molecular weight excluding hydrogens is 296 g/mol. The van der Waals surface area contributed by atoms with Gasteiger partial charge in [0.05, 0.1) is 0 Å². The standard InChI is InChI=1S/C20H26N4/c1-22-13-8-18-7-6-17(15-20(18)22)16-23-11-3-2-5-19(23)9-14-24-12-4-10-21-24/h4,6-8,10,12-13,15,19H,2-3,5,9,11,14,16H2,1H3/t19-/m0/s1. The van der Waals surface area contributed by atoms with Gasteiger partial charge >= 0.3 is 0 Å². The van der Waals surface area contributed by atoms with Gasteiger partial charge in [-0.2, -0.15) is 5.10 Å². The third kappa shape index (κ3) is 3.24. The van der Waals surface area contributed by atoms with Crippen molar-refractivity contribution in [2.45, 2.75) is 44.8 Å². The molecule has 0 radical (unpaired) electrons. The largest absolute Gasteiger partial charge is 0.351 e. The van der Waals surface area contributed by atoms with E-state index in [2.05, 4.69) is 63.0 Å². The number of rotatable bonds is 5. The van der Waals surface area contributed by atoms with Gasteiger partial charge in [0, 0.05) is 50.3 Å². The minimum atomic E-state index is 0.673. The van der Waals surface area contributed by atoms with Crippen LogP contribution in [0.3, 0.4) is 0 Å². The molecule has 0 aliphatic carbocycles. The molecule has 0 bridgehead atoms. The first-order valence-electron chi connectivity index (χ1n) is 9.05. The van der Waals surface area contributed by atoms with Crippen molar-refractivity contribution in [1.29, 1.82) is 0 Å². The van der Waals surface area contributed by atoms with Crippen LogP contribution in [0, 0.1) is 0 Å². The molecule has 1 fully saturated rings. The Kier molecular flexibility index (Phi) is 4.39.